The summed E-state index contributed by atoms with van der Waals surface area (Å²) in [5.41, 5.74) is 2.72. The van der Waals surface area contributed by atoms with Gasteiger partial charge < -0.3 is 10.2 Å². The molecule has 1 fully saturated rings. The fourth-order valence-electron chi connectivity index (χ4n) is 4.66. The number of carbonyl (C=O) groups excluding carboxylic acids is 2. The van der Waals surface area contributed by atoms with E-state index in [0.29, 0.717) is 37.3 Å². The summed E-state index contributed by atoms with van der Waals surface area (Å²) in [4.78, 5) is 27.5. The highest BCUT2D eigenvalue weighted by Crippen LogP contribution is 2.30. The molecule has 1 aromatic carbocycles. The molecular weight excluding hydrogens is 395 g/mol. The van der Waals surface area contributed by atoms with Gasteiger partial charge in [-0.05, 0) is 50.7 Å². The van der Waals surface area contributed by atoms with Crippen LogP contribution >= 0.6 is 0 Å². The van der Waals surface area contributed by atoms with Gasteiger partial charge in [-0.2, -0.15) is 5.10 Å². The van der Waals surface area contributed by atoms with E-state index in [1.54, 1.807) is 27.8 Å². The first-order valence-electron chi connectivity index (χ1n) is 11.5. The number of nitrogens with one attached hydrogen (secondary N) is 1. The first-order chi connectivity index (χ1) is 15.1. The predicted molar refractivity (Wildman–Crippen MR) is 117 cm³/mol. The number of unbranched alkanes of at least 4 members (excludes halogenated alkanes) is 2. The Kier molecular flexibility index (Phi) is 6.68. The van der Waals surface area contributed by atoms with Crippen molar-refractivity contribution in [2.45, 2.75) is 58.3 Å². The fourth-order valence-corrected chi connectivity index (χ4v) is 4.66. The van der Waals surface area contributed by atoms with Crippen LogP contribution in [0.15, 0.2) is 24.3 Å². The molecule has 31 heavy (non-hydrogen) atoms. The first-order valence-corrected chi connectivity index (χ1v) is 11.5. The minimum absolute atomic E-state index is 0.0348. The van der Waals surface area contributed by atoms with Crippen LogP contribution in [0.2, 0.25) is 0 Å². The fraction of sp³-hybridized carbons (Fsp3) is 0.542. The molecule has 2 aliphatic rings. The first kappa shape index (κ1) is 21.5. The van der Waals surface area contributed by atoms with Crippen molar-refractivity contribution in [2.24, 2.45) is 5.92 Å². The number of amides is 2. The van der Waals surface area contributed by atoms with Gasteiger partial charge in [-0.3, -0.25) is 9.59 Å². The third-order valence-electron chi connectivity index (χ3n) is 6.45. The molecule has 1 aliphatic carbocycles. The maximum Gasteiger partial charge on any atom is 0.274 e. The molecule has 0 spiro atoms. The summed E-state index contributed by atoms with van der Waals surface area (Å²) in [5.74, 6) is -0.375. The van der Waals surface area contributed by atoms with E-state index in [-0.39, 0.29) is 23.5 Å². The Morgan fingerprint density at radius 1 is 1.16 bits per heavy atom. The molecule has 1 N–H and O–H groups in total. The van der Waals surface area contributed by atoms with Crippen LogP contribution < -0.4 is 5.32 Å². The lowest BCUT2D eigenvalue weighted by atomic mass is 9.95. The summed E-state index contributed by atoms with van der Waals surface area (Å²) in [5, 5.41) is 7.59. The monoisotopic (exact) mass is 426 g/mol. The summed E-state index contributed by atoms with van der Waals surface area (Å²) in [6.45, 7) is 3.97. The van der Waals surface area contributed by atoms with E-state index in [0.717, 1.165) is 56.3 Å². The summed E-state index contributed by atoms with van der Waals surface area (Å²) >= 11 is 0. The van der Waals surface area contributed by atoms with E-state index in [2.05, 4.69) is 17.3 Å². The summed E-state index contributed by atoms with van der Waals surface area (Å²) in [6.07, 6.45) is 7.14. The Bertz CT molecular complexity index is 947. The minimum atomic E-state index is -0.343. The predicted octanol–water partition coefficient (Wildman–Crippen LogP) is 3.66. The Hall–Kier alpha value is -2.70. The Labute approximate surface area is 182 Å². The number of halogens is 1. The molecule has 0 bridgehead atoms. The molecule has 4 rings (SSSR count). The van der Waals surface area contributed by atoms with Gasteiger partial charge in [-0.15, -0.1) is 0 Å². The molecule has 6 nitrogen and oxygen atoms in total. The Morgan fingerprint density at radius 2 is 1.94 bits per heavy atom. The van der Waals surface area contributed by atoms with Crippen molar-refractivity contribution in [1.82, 2.24) is 20.0 Å². The van der Waals surface area contributed by atoms with Crippen molar-refractivity contribution in [3.63, 3.8) is 0 Å². The van der Waals surface area contributed by atoms with Crippen LogP contribution in [0.4, 0.5) is 4.39 Å². The van der Waals surface area contributed by atoms with Crippen molar-refractivity contribution in [3.05, 3.63) is 47.0 Å². The van der Waals surface area contributed by atoms with Crippen molar-refractivity contribution in [1.29, 1.82) is 0 Å². The van der Waals surface area contributed by atoms with Gasteiger partial charge >= 0.3 is 0 Å². The number of rotatable bonds is 7. The standard InChI is InChI=1S/C24H31FN4O2/c1-2-3-6-14-26-23(30)17-12-15-28(16-13-17)24(31)22-18-8-7-11-20(18)29(27-22)21-10-5-4-9-19(21)25/h4-5,9-10,17H,2-3,6-8,11-16H2,1H3,(H,26,30). The van der Waals surface area contributed by atoms with Gasteiger partial charge in [0, 0.05) is 36.8 Å². The van der Waals surface area contributed by atoms with Crippen LogP contribution in [-0.4, -0.2) is 46.1 Å². The quantitative estimate of drug-likeness (QED) is 0.687. The SMILES string of the molecule is CCCCCNC(=O)C1CCN(C(=O)c2nn(-c3ccccc3F)c3c2CCC3)CC1. The van der Waals surface area contributed by atoms with Gasteiger partial charge in [0.05, 0.1) is 0 Å². The van der Waals surface area contributed by atoms with E-state index in [1.165, 1.54) is 6.07 Å². The second-order valence-electron chi connectivity index (χ2n) is 8.56. The molecule has 2 heterocycles. The molecule has 0 saturated carbocycles. The number of hydrogen-bond acceptors (Lipinski definition) is 3. The van der Waals surface area contributed by atoms with Crippen molar-refractivity contribution >= 4 is 11.8 Å². The average Bonchev–Trinajstić information content (AvgIpc) is 3.40. The van der Waals surface area contributed by atoms with E-state index in [9.17, 15) is 14.0 Å². The maximum absolute atomic E-state index is 14.4. The van der Waals surface area contributed by atoms with Crippen LogP contribution in [0, 0.1) is 11.7 Å². The van der Waals surface area contributed by atoms with Gasteiger partial charge in [-0.1, -0.05) is 31.9 Å². The highest BCUT2D eigenvalue weighted by molar-refractivity contribution is 5.94. The van der Waals surface area contributed by atoms with Crippen LogP contribution in [0.3, 0.4) is 0 Å². The molecule has 1 saturated heterocycles. The molecule has 1 aromatic heterocycles. The molecule has 2 amide bonds. The smallest absolute Gasteiger partial charge is 0.274 e. The lowest BCUT2D eigenvalue weighted by Crippen LogP contribution is -2.43. The van der Waals surface area contributed by atoms with Gasteiger partial charge in [-0.25, -0.2) is 9.07 Å². The highest BCUT2D eigenvalue weighted by Gasteiger charge is 2.33. The van der Waals surface area contributed by atoms with Crippen molar-refractivity contribution < 1.29 is 14.0 Å². The van der Waals surface area contributed by atoms with Gasteiger partial charge in [0.25, 0.3) is 5.91 Å². The van der Waals surface area contributed by atoms with Crippen LogP contribution in [0.5, 0.6) is 0 Å². The number of hydrogen-bond donors (Lipinski definition) is 1. The number of fused-ring (bicyclic) bond motifs is 1. The third-order valence-corrected chi connectivity index (χ3v) is 6.45. The lowest BCUT2D eigenvalue weighted by molar-refractivity contribution is -0.126. The van der Waals surface area contributed by atoms with Crippen molar-refractivity contribution in [3.8, 4) is 5.69 Å². The third kappa shape index (κ3) is 4.50. The van der Waals surface area contributed by atoms with Crippen LogP contribution in [0.25, 0.3) is 5.69 Å². The second kappa shape index (κ2) is 9.62. The van der Waals surface area contributed by atoms with Crippen molar-refractivity contribution in [2.75, 3.05) is 19.6 Å². The Balaban J connectivity index is 1.43. The zero-order chi connectivity index (χ0) is 21.8. The van der Waals surface area contributed by atoms with Crippen LogP contribution in [0.1, 0.15) is 67.2 Å². The van der Waals surface area contributed by atoms with E-state index >= 15 is 0 Å². The van der Waals surface area contributed by atoms with E-state index in [4.69, 9.17) is 0 Å². The molecule has 0 atom stereocenters. The van der Waals surface area contributed by atoms with Gasteiger partial charge in [0.1, 0.15) is 11.5 Å². The van der Waals surface area contributed by atoms with E-state index < -0.39 is 0 Å². The number of aromatic nitrogens is 2. The highest BCUT2D eigenvalue weighted by atomic mass is 19.1. The number of benzene rings is 1. The number of piperidine rings is 1. The zero-order valence-electron chi connectivity index (χ0n) is 18.2. The summed E-state index contributed by atoms with van der Waals surface area (Å²) < 4.78 is 16.0. The van der Waals surface area contributed by atoms with Gasteiger partial charge in [0.2, 0.25) is 5.91 Å². The average molecular weight is 427 g/mol. The largest absolute Gasteiger partial charge is 0.356 e. The topological polar surface area (TPSA) is 67.2 Å². The number of likely N-dealkylation sites (tertiary alicyclic amines) is 1. The number of carbonyl (C=O) groups is 2. The second-order valence-corrected chi connectivity index (χ2v) is 8.56. The van der Waals surface area contributed by atoms with Gasteiger partial charge in [0.15, 0.2) is 5.69 Å². The summed E-state index contributed by atoms with van der Waals surface area (Å²) in [7, 11) is 0. The minimum Gasteiger partial charge on any atom is -0.356 e. The van der Waals surface area contributed by atoms with E-state index in [1.807, 2.05) is 0 Å². The van der Waals surface area contributed by atoms with Crippen LogP contribution in [-0.2, 0) is 17.6 Å². The molecule has 0 unspecified atom stereocenters. The maximum atomic E-state index is 14.4. The normalized spacial score (nSPS) is 16.4. The zero-order valence-corrected chi connectivity index (χ0v) is 18.2. The molecule has 1 aliphatic heterocycles. The summed E-state index contributed by atoms with van der Waals surface area (Å²) in [6, 6.07) is 6.54. The lowest BCUT2D eigenvalue weighted by Gasteiger charge is -2.31. The molecule has 166 valence electrons. The molecule has 0 radical (unpaired) electrons. The molecule has 2 aromatic rings. The molecule has 7 heteroatoms. The Morgan fingerprint density at radius 3 is 2.68 bits per heavy atom. The number of nitrogens with zero attached hydrogens (tertiary/aromatic N) is 3. The number of para-hydroxylation sites is 1. The molecular formula is C24H31FN4O2.